The molecular formula is C25H26F3N3O3S. The van der Waals surface area contributed by atoms with E-state index >= 15 is 0 Å². The smallest absolute Gasteiger partial charge is 0.425 e. The molecule has 0 unspecified atom stereocenters. The number of alkyl halides is 3. The molecule has 35 heavy (non-hydrogen) atoms. The molecule has 1 aromatic carbocycles. The van der Waals surface area contributed by atoms with Gasteiger partial charge in [0, 0.05) is 28.0 Å². The number of fused-ring (bicyclic) bond motifs is 3. The lowest BCUT2D eigenvalue weighted by atomic mass is 9.97. The molecule has 2 aromatic heterocycles. The summed E-state index contributed by atoms with van der Waals surface area (Å²) >= 11 is 0.755. The molecule has 1 amide bonds. The first-order chi connectivity index (χ1) is 16.7. The summed E-state index contributed by atoms with van der Waals surface area (Å²) in [7, 11) is 0. The fraction of sp³-hybridized carbons (Fsp3) is 0.440. The minimum atomic E-state index is -4.36. The third-order valence-corrected chi connectivity index (χ3v) is 8.18. The standard InChI is InChI=1S/C25H26F3N3O3S/c26-25(27,28)22-6-5-17(35-22)13-31-20-4-2-1-3-18(20)19-9-12-30(14-21(19)31)23(32)15-29-10-7-16(8-11-29)24(33)34/h1-6,16H,7-15H2,(H,33,34). The molecule has 0 spiro atoms. The molecule has 0 atom stereocenters. The van der Waals surface area contributed by atoms with Crippen molar-refractivity contribution in [3.05, 3.63) is 57.4 Å². The van der Waals surface area contributed by atoms with Gasteiger partial charge in [-0.25, -0.2) is 0 Å². The molecule has 0 radical (unpaired) electrons. The van der Waals surface area contributed by atoms with Gasteiger partial charge in [0.2, 0.25) is 5.91 Å². The number of piperidine rings is 1. The van der Waals surface area contributed by atoms with E-state index in [1.165, 1.54) is 6.07 Å². The average Bonchev–Trinajstić information content (AvgIpc) is 3.43. The number of halogens is 3. The third kappa shape index (κ3) is 4.81. The summed E-state index contributed by atoms with van der Waals surface area (Å²) < 4.78 is 41.4. The highest BCUT2D eigenvalue weighted by Crippen LogP contribution is 2.37. The largest absolute Gasteiger partial charge is 0.481 e. The van der Waals surface area contributed by atoms with E-state index in [9.17, 15) is 27.9 Å². The first kappa shape index (κ1) is 23.9. The van der Waals surface area contributed by atoms with Crippen molar-refractivity contribution in [3.63, 3.8) is 0 Å². The normalized spacial score (nSPS) is 17.6. The highest BCUT2D eigenvalue weighted by Gasteiger charge is 2.33. The van der Waals surface area contributed by atoms with Crippen molar-refractivity contribution < 1.29 is 27.9 Å². The number of nitrogens with zero attached hydrogens (tertiary/aromatic N) is 3. The Labute approximate surface area is 204 Å². The van der Waals surface area contributed by atoms with Gasteiger partial charge in [-0.05, 0) is 56.1 Å². The van der Waals surface area contributed by atoms with Crippen LogP contribution in [0.5, 0.6) is 0 Å². The quantitative estimate of drug-likeness (QED) is 0.557. The number of carboxylic acids is 1. The van der Waals surface area contributed by atoms with Crippen molar-refractivity contribution in [3.8, 4) is 0 Å². The van der Waals surface area contributed by atoms with Gasteiger partial charge in [-0.1, -0.05) is 18.2 Å². The Morgan fingerprint density at radius 3 is 2.49 bits per heavy atom. The van der Waals surface area contributed by atoms with Crippen molar-refractivity contribution >= 4 is 34.1 Å². The average molecular weight is 506 g/mol. The predicted octanol–water partition coefficient (Wildman–Crippen LogP) is 4.45. The number of carbonyl (C=O) groups is 2. The predicted molar refractivity (Wildman–Crippen MR) is 126 cm³/mol. The van der Waals surface area contributed by atoms with Crippen LogP contribution in [0.3, 0.4) is 0 Å². The van der Waals surface area contributed by atoms with Crippen LogP contribution < -0.4 is 0 Å². The summed E-state index contributed by atoms with van der Waals surface area (Å²) in [5, 5.41) is 10.3. The lowest BCUT2D eigenvalue weighted by Gasteiger charge is -2.33. The molecule has 6 nitrogen and oxygen atoms in total. The van der Waals surface area contributed by atoms with Crippen LogP contribution in [0, 0.1) is 5.92 Å². The van der Waals surface area contributed by atoms with E-state index in [4.69, 9.17) is 0 Å². The van der Waals surface area contributed by atoms with Crippen molar-refractivity contribution in [1.82, 2.24) is 14.4 Å². The van der Waals surface area contributed by atoms with Gasteiger partial charge in [0.25, 0.3) is 0 Å². The number of rotatable bonds is 5. The number of hydrogen-bond acceptors (Lipinski definition) is 4. The van der Waals surface area contributed by atoms with Crippen molar-refractivity contribution in [2.45, 2.75) is 38.5 Å². The molecule has 10 heteroatoms. The molecule has 5 rings (SSSR count). The van der Waals surface area contributed by atoms with Gasteiger partial charge in [-0.2, -0.15) is 13.2 Å². The van der Waals surface area contributed by atoms with E-state index in [2.05, 4.69) is 4.57 Å². The lowest BCUT2D eigenvalue weighted by Crippen LogP contribution is -2.45. The number of para-hydroxylation sites is 1. The number of carboxylic acid groups (broad SMARTS) is 1. The van der Waals surface area contributed by atoms with E-state index in [1.54, 1.807) is 0 Å². The second-order valence-corrected chi connectivity index (χ2v) is 10.4. The molecular weight excluding hydrogens is 479 g/mol. The number of thiophene rings is 1. The molecule has 1 N–H and O–H groups in total. The maximum atomic E-state index is 13.1. The van der Waals surface area contributed by atoms with Gasteiger partial charge in [-0.15, -0.1) is 11.3 Å². The number of aliphatic carboxylic acids is 1. The van der Waals surface area contributed by atoms with Gasteiger partial charge in [0.1, 0.15) is 4.88 Å². The number of aromatic nitrogens is 1. The zero-order valence-electron chi connectivity index (χ0n) is 19.1. The summed E-state index contributed by atoms with van der Waals surface area (Å²) in [6, 6.07) is 10.5. The van der Waals surface area contributed by atoms with Crippen LogP contribution in [0.1, 0.15) is 33.9 Å². The minimum absolute atomic E-state index is 0.00304. The highest BCUT2D eigenvalue weighted by atomic mass is 32.1. The minimum Gasteiger partial charge on any atom is -0.481 e. The fourth-order valence-corrected chi connectivity index (χ4v) is 6.05. The highest BCUT2D eigenvalue weighted by molar-refractivity contribution is 7.12. The van der Waals surface area contributed by atoms with Crippen LogP contribution in [0.2, 0.25) is 0 Å². The molecule has 0 bridgehead atoms. The van der Waals surface area contributed by atoms with Crippen molar-refractivity contribution in [1.29, 1.82) is 0 Å². The van der Waals surface area contributed by atoms with Crippen LogP contribution >= 0.6 is 11.3 Å². The third-order valence-electron chi connectivity index (χ3n) is 7.07. The van der Waals surface area contributed by atoms with Crippen LogP contribution in [0.15, 0.2) is 36.4 Å². The molecule has 1 fully saturated rings. The zero-order chi connectivity index (χ0) is 24.7. The summed E-state index contributed by atoms with van der Waals surface area (Å²) in [6.07, 6.45) is -2.58. The van der Waals surface area contributed by atoms with Gasteiger partial charge in [-0.3, -0.25) is 14.5 Å². The topological polar surface area (TPSA) is 65.8 Å². The molecule has 2 aliphatic heterocycles. The van der Waals surface area contributed by atoms with Gasteiger partial charge in [0.15, 0.2) is 0 Å². The number of benzene rings is 1. The van der Waals surface area contributed by atoms with E-state index in [-0.39, 0.29) is 18.4 Å². The molecule has 2 aliphatic rings. The summed E-state index contributed by atoms with van der Waals surface area (Å²) in [5.74, 6) is -1.12. The number of hydrogen-bond donors (Lipinski definition) is 1. The first-order valence-corrected chi connectivity index (χ1v) is 12.5. The molecule has 3 aromatic rings. The zero-order valence-corrected chi connectivity index (χ0v) is 19.9. The Morgan fingerprint density at radius 2 is 1.80 bits per heavy atom. The molecule has 0 saturated carbocycles. The Kier molecular flexibility index (Phi) is 6.35. The van der Waals surface area contributed by atoms with Crippen LogP contribution in [0.25, 0.3) is 10.9 Å². The van der Waals surface area contributed by atoms with E-state index in [1.807, 2.05) is 34.1 Å². The lowest BCUT2D eigenvalue weighted by molar-refractivity contribution is -0.143. The van der Waals surface area contributed by atoms with E-state index in [0.29, 0.717) is 56.9 Å². The second kappa shape index (κ2) is 9.31. The summed E-state index contributed by atoms with van der Waals surface area (Å²) in [6.45, 7) is 2.74. The summed E-state index contributed by atoms with van der Waals surface area (Å²) in [5.41, 5.74) is 3.08. The molecule has 4 heterocycles. The van der Waals surface area contributed by atoms with Gasteiger partial charge in [0.05, 0.1) is 25.6 Å². The van der Waals surface area contributed by atoms with Gasteiger partial charge < -0.3 is 14.6 Å². The Hall–Kier alpha value is -2.85. The first-order valence-electron chi connectivity index (χ1n) is 11.7. The van der Waals surface area contributed by atoms with Crippen LogP contribution in [0.4, 0.5) is 13.2 Å². The van der Waals surface area contributed by atoms with E-state index in [0.717, 1.165) is 39.6 Å². The van der Waals surface area contributed by atoms with Crippen molar-refractivity contribution in [2.24, 2.45) is 5.92 Å². The van der Waals surface area contributed by atoms with Gasteiger partial charge >= 0.3 is 12.1 Å². The maximum absolute atomic E-state index is 13.1. The Balaban J connectivity index is 1.35. The SMILES string of the molecule is O=C(O)C1CCN(CC(=O)N2CCc3c(n(Cc4ccc(C(F)(F)F)s4)c4ccccc34)C2)CC1. The Morgan fingerprint density at radius 1 is 1.06 bits per heavy atom. The second-order valence-electron chi connectivity index (χ2n) is 9.25. The monoisotopic (exact) mass is 505 g/mol. The summed E-state index contributed by atoms with van der Waals surface area (Å²) in [4.78, 5) is 28.1. The molecule has 1 saturated heterocycles. The molecule has 186 valence electrons. The number of amides is 1. The number of likely N-dealkylation sites (tertiary alicyclic amines) is 1. The van der Waals surface area contributed by atoms with Crippen molar-refractivity contribution in [2.75, 3.05) is 26.2 Å². The Bertz CT molecular complexity index is 1260. The molecule has 0 aliphatic carbocycles. The maximum Gasteiger partial charge on any atom is 0.425 e. The fourth-order valence-electron chi connectivity index (χ4n) is 5.19. The van der Waals surface area contributed by atoms with Crippen LogP contribution in [-0.2, 0) is 35.3 Å². The van der Waals surface area contributed by atoms with Crippen LogP contribution in [-0.4, -0.2) is 57.5 Å². The van der Waals surface area contributed by atoms with E-state index < -0.39 is 17.0 Å². The number of carbonyl (C=O) groups excluding carboxylic acids is 1.